The highest BCUT2D eigenvalue weighted by molar-refractivity contribution is 5.70. The summed E-state index contributed by atoms with van der Waals surface area (Å²) in [6.45, 7) is -1.14. The van der Waals surface area contributed by atoms with Crippen LogP contribution in [0.4, 0.5) is 23.2 Å². The lowest BCUT2D eigenvalue weighted by Gasteiger charge is -2.25. The van der Waals surface area contributed by atoms with Crippen molar-refractivity contribution in [3.8, 4) is 0 Å². The highest BCUT2D eigenvalue weighted by Gasteiger charge is 2.41. The number of anilines is 1. The number of aliphatic carboxylic acids is 1. The molecular weight excluding hydrogens is 266 g/mol. The second-order valence-electron chi connectivity index (χ2n) is 4.16. The number of rotatable bonds is 6. The summed E-state index contributed by atoms with van der Waals surface area (Å²) < 4.78 is 50.0. The van der Waals surface area contributed by atoms with Crippen LogP contribution < -0.4 is 4.90 Å². The van der Waals surface area contributed by atoms with E-state index in [4.69, 9.17) is 5.11 Å². The molecule has 1 rings (SSSR count). The number of carboxylic acid groups (broad SMARTS) is 1. The van der Waals surface area contributed by atoms with Crippen LogP contribution in [0, 0.1) is 0 Å². The first-order valence-electron chi connectivity index (χ1n) is 5.40. The van der Waals surface area contributed by atoms with Gasteiger partial charge in [0.05, 0.1) is 13.0 Å². The maximum Gasteiger partial charge on any atom is 0.324 e. The molecule has 0 amide bonds. The lowest BCUT2D eigenvalue weighted by atomic mass is 10.1. The molecule has 0 heterocycles. The van der Waals surface area contributed by atoms with Crippen LogP contribution in [0.3, 0.4) is 0 Å². The topological polar surface area (TPSA) is 40.5 Å². The zero-order valence-corrected chi connectivity index (χ0v) is 10.1. The smallest absolute Gasteiger partial charge is 0.324 e. The quantitative estimate of drug-likeness (QED) is 0.814. The first-order valence-corrected chi connectivity index (χ1v) is 5.40. The van der Waals surface area contributed by atoms with Crippen molar-refractivity contribution in [2.24, 2.45) is 0 Å². The molecule has 0 unspecified atom stereocenters. The van der Waals surface area contributed by atoms with E-state index in [0.29, 0.717) is 5.56 Å². The van der Waals surface area contributed by atoms with Crippen molar-refractivity contribution in [2.45, 2.75) is 18.8 Å². The minimum absolute atomic E-state index is 0.257. The van der Waals surface area contributed by atoms with Gasteiger partial charge in [-0.05, 0) is 17.7 Å². The number of nitrogens with zero attached hydrogens (tertiary/aromatic N) is 1. The van der Waals surface area contributed by atoms with E-state index in [9.17, 15) is 22.4 Å². The summed E-state index contributed by atoms with van der Waals surface area (Å²) >= 11 is 0. The second kappa shape index (κ2) is 5.90. The number of carbonyl (C=O) groups is 1. The first kappa shape index (κ1) is 15.3. The summed E-state index contributed by atoms with van der Waals surface area (Å²) in [4.78, 5) is 11.5. The molecule has 0 saturated carbocycles. The molecule has 0 radical (unpaired) electrons. The predicted molar refractivity (Wildman–Crippen MR) is 62.0 cm³/mol. The molecule has 0 saturated heterocycles. The number of hydrogen-bond donors (Lipinski definition) is 1. The van der Waals surface area contributed by atoms with Crippen molar-refractivity contribution in [1.82, 2.24) is 0 Å². The van der Waals surface area contributed by atoms with Crippen LogP contribution in [0.25, 0.3) is 0 Å². The van der Waals surface area contributed by atoms with Gasteiger partial charge in [0, 0.05) is 12.7 Å². The van der Waals surface area contributed by atoms with E-state index in [2.05, 4.69) is 0 Å². The molecule has 0 bridgehead atoms. The fourth-order valence-electron chi connectivity index (χ4n) is 1.55. The van der Waals surface area contributed by atoms with Gasteiger partial charge >= 0.3 is 18.3 Å². The molecule has 0 aliphatic rings. The number of benzene rings is 1. The van der Waals surface area contributed by atoms with Crippen LogP contribution in [-0.2, 0) is 11.2 Å². The lowest BCUT2D eigenvalue weighted by molar-refractivity contribution is -0.136. The van der Waals surface area contributed by atoms with E-state index < -0.39 is 24.9 Å². The molecule has 1 N–H and O–H groups in total. The zero-order valence-electron chi connectivity index (χ0n) is 10.1. The summed E-state index contributed by atoms with van der Waals surface area (Å²) in [5, 5.41) is 8.62. The SMILES string of the molecule is CN(CC(F)(F)C(F)F)c1cccc(CC(=O)O)c1. The van der Waals surface area contributed by atoms with Gasteiger partial charge in [0.15, 0.2) is 0 Å². The second-order valence-corrected chi connectivity index (χ2v) is 4.16. The average molecular weight is 279 g/mol. The van der Waals surface area contributed by atoms with Gasteiger partial charge < -0.3 is 10.0 Å². The third kappa shape index (κ3) is 4.42. The van der Waals surface area contributed by atoms with Gasteiger partial charge in [-0.25, -0.2) is 8.78 Å². The molecule has 1 aromatic carbocycles. The van der Waals surface area contributed by atoms with Crippen LogP contribution >= 0.6 is 0 Å². The minimum atomic E-state index is -4.11. The van der Waals surface area contributed by atoms with Crippen LogP contribution in [0.1, 0.15) is 5.56 Å². The predicted octanol–water partition coefficient (Wildman–Crippen LogP) is 2.65. The third-order valence-electron chi connectivity index (χ3n) is 2.47. The van der Waals surface area contributed by atoms with E-state index >= 15 is 0 Å². The van der Waals surface area contributed by atoms with E-state index in [-0.39, 0.29) is 12.1 Å². The summed E-state index contributed by atoms with van der Waals surface area (Å²) in [7, 11) is 1.25. The standard InChI is InChI=1S/C12H13F4NO2/c1-17(7-12(15,16)11(13)14)9-4-2-3-8(5-9)6-10(18)19/h2-5,11H,6-7H2,1H3,(H,18,19). The molecule has 0 aliphatic carbocycles. The molecule has 0 aliphatic heterocycles. The number of halogens is 4. The Kier molecular flexibility index (Phi) is 4.74. The first-order chi connectivity index (χ1) is 8.72. The van der Waals surface area contributed by atoms with E-state index in [0.717, 1.165) is 4.90 Å². The average Bonchev–Trinajstić information content (AvgIpc) is 2.27. The van der Waals surface area contributed by atoms with Crippen LogP contribution in [0.2, 0.25) is 0 Å². The number of alkyl halides is 4. The van der Waals surface area contributed by atoms with Crippen LogP contribution in [0.15, 0.2) is 24.3 Å². The molecule has 0 spiro atoms. The van der Waals surface area contributed by atoms with E-state index in [1.165, 1.54) is 31.3 Å². The Balaban J connectivity index is 2.82. The summed E-state index contributed by atoms with van der Waals surface area (Å²) in [6.07, 6.45) is -4.00. The van der Waals surface area contributed by atoms with Gasteiger partial charge in [-0.15, -0.1) is 0 Å². The Morgan fingerprint density at radius 3 is 2.58 bits per heavy atom. The Morgan fingerprint density at radius 1 is 1.42 bits per heavy atom. The maximum atomic E-state index is 12.9. The van der Waals surface area contributed by atoms with Crippen molar-refractivity contribution in [1.29, 1.82) is 0 Å². The molecule has 19 heavy (non-hydrogen) atoms. The Morgan fingerprint density at radius 2 is 2.05 bits per heavy atom. The Bertz CT molecular complexity index is 451. The Hall–Kier alpha value is -1.79. The molecule has 3 nitrogen and oxygen atoms in total. The number of carboxylic acids is 1. The van der Waals surface area contributed by atoms with Crippen molar-refractivity contribution in [2.75, 3.05) is 18.5 Å². The molecule has 0 aromatic heterocycles. The Labute approximate surface area is 107 Å². The molecule has 106 valence electrons. The third-order valence-corrected chi connectivity index (χ3v) is 2.47. The van der Waals surface area contributed by atoms with Crippen LogP contribution in [0.5, 0.6) is 0 Å². The summed E-state index contributed by atoms with van der Waals surface area (Å²) in [5.41, 5.74) is 0.677. The highest BCUT2D eigenvalue weighted by Crippen LogP contribution is 2.26. The van der Waals surface area contributed by atoms with Gasteiger partial charge in [-0.1, -0.05) is 12.1 Å². The highest BCUT2D eigenvalue weighted by atomic mass is 19.3. The maximum absolute atomic E-state index is 12.9. The fraction of sp³-hybridized carbons (Fsp3) is 0.417. The van der Waals surface area contributed by atoms with Crippen molar-refractivity contribution in [3.05, 3.63) is 29.8 Å². The van der Waals surface area contributed by atoms with Gasteiger partial charge in [-0.2, -0.15) is 8.78 Å². The van der Waals surface area contributed by atoms with E-state index in [1.54, 1.807) is 0 Å². The molecule has 7 heteroatoms. The molecule has 0 fully saturated rings. The monoisotopic (exact) mass is 279 g/mol. The minimum Gasteiger partial charge on any atom is -0.481 e. The van der Waals surface area contributed by atoms with Gasteiger partial charge in [0.1, 0.15) is 0 Å². The lowest BCUT2D eigenvalue weighted by Crippen LogP contribution is -2.40. The van der Waals surface area contributed by atoms with E-state index in [1.807, 2.05) is 0 Å². The summed E-state index contributed by atoms with van der Waals surface area (Å²) in [5.74, 6) is -5.17. The van der Waals surface area contributed by atoms with Crippen LogP contribution in [-0.4, -0.2) is 37.0 Å². The van der Waals surface area contributed by atoms with Gasteiger partial charge in [0.25, 0.3) is 0 Å². The van der Waals surface area contributed by atoms with Crippen molar-refractivity contribution < 1.29 is 27.5 Å². The van der Waals surface area contributed by atoms with Crippen molar-refractivity contribution in [3.63, 3.8) is 0 Å². The molecule has 0 atom stereocenters. The summed E-state index contributed by atoms with van der Waals surface area (Å²) in [6, 6.07) is 5.85. The zero-order chi connectivity index (χ0) is 14.6. The van der Waals surface area contributed by atoms with Crippen molar-refractivity contribution >= 4 is 11.7 Å². The molecule has 1 aromatic rings. The fourth-order valence-corrected chi connectivity index (χ4v) is 1.55. The largest absolute Gasteiger partial charge is 0.481 e. The normalized spacial score (nSPS) is 11.7. The molecular formula is C12H13F4NO2. The number of hydrogen-bond acceptors (Lipinski definition) is 2. The van der Waals surface area contributed by atoms with Gasteiger partial charge in [0.2, 0.25) is 0 Å². The van der Waals surface area contributed by atoms with Gasteiger partial charge in [-0.3, -0.25) is 4.79 Å².